The van der Waals surface area contributed by atoms with Crippen molar-refractivity contribution in [2.75, 3.05) is 12.4 Å². The van der Waals surface area contributed by atoms with E-state index in [4.69, 9.17) is 0 Å². The van der Waals surface area contributed by atoms with Gasteiger partial charge in [0.15, 0.2) is 5.82 Å². The van der Waals surface area contributed by atoms with Crippen LogP contribution in [0.15, 0.2) is 24.3 Å². The first-order valence-corrected chi connectivity index (χ1v) is 5.41. The predicted molar refractivity (Wildman–Crippen MR) is 66.4 cm³/mol. The van der Waals surface area contributed by atoms with Crippen LogP contribution in [0.3, 0.4) is 0 Å². The minimum atomic E-state index is -0.247. The molecule has 0 aliphatic heterocycles. The summed E-state index contributed by atoms with van der Waals surface area (Å²) in [6.45, 7) is 3.98. The highest BCUT2D eigenvalue weighted by atomic mass is 19.1. The number of nitrogens with zero attached hydrogens (tertiary/aromatic N) is 2. The van der Waals surface area contributed by atoms with Crippen LogP contribution in [0, 0.1) is 19.7 Å². The molecule has 0 saturated carbocycles. The lowest BCUT2D eigenvalue weighted by Crippen LogP contribution is -2.02. The Hall–Kier alpha value is -1.97. The molecule has 0 saturated heterocycles. The Morgan fingerprint density at radius 3 is 2.24 bits per heavy atom. The predicted octanol–water partition coefficient (Wildman–Crippen LogP) is 2.94. The molecule has 0 aliphatic rings. The number of rotatable bonds is 2. The van der Waals surface area contributed by atoms with Gasteiger partial charge in [0.05, 0.1) is 5.69 Å². The highest BCUT2D eigenvalue weighted by molar-refractivity contribution is 5.66. The summed E-state index contributed by atoms with van der Waals surface area (Å²) >= 11 is 0. The van der Waals surface area contributed by atoms with Crippen LogP contribution in [0.4, 0.5) is 10.2 Å². The van der Waals surface area contributed by atoms with Crippen LogP contribution in [0.2, 0.25) is 0 Å². The Bertz CT molecular complexity index is 535. The van der Waals surface area contributed by atoms with E-state index in [9.17, 15) is 4.39 Å². The maximum Gasteiger partial charge on any atom is 0.151 e. The van der Waals surface area contributed by atoms with E-state index in [2.05, 4.69) is 15.5 Å². The Labute approximate surface area is 99.7 Å². The molecule has 0 aliphatic carbocycles. The van der Waals surface area contributed by atoms with Crippen molar-refractivity contribution >= 4 is 5.82 Å². The first-order chi connectivity index (χ1) is 8.13. The number of halogens is 1. The summed E-state index contributed by atoms with van der Waals surface area (Å²) in [6.07, 6.45) is 0. The molecule has 2 rings (SSSR count). The Kier molecular flexibility index (Phi) is 3.04. The molecule has 0 atom stereocenters. The van der Waals surface area contributed by atoms with E-state index in [1.54, 1.807) is 12.1 Å². The van der Waals surface area contributed by atoms with Gasteiger partial charge in [-0.1, -0.05) is 0 Å². The lowest BCUT2D eigenvalue weighted by molar-refractivity contribution is 0.628. The van der Waals surface area contributed by atoms with Gasteiger partial charge in [-0.25, -0.2) is 4.39 Å². The SMILES string of the molecule is CNc1nnc(-c2ccc(F)cc2)c(C)c1C. The molecule has 17 heavy (non-hydrogen) atoms. The normalized spacial score (nSPS) is 10.4. The van der Waals surface area contributed by atoms with Gasteiger partial charge >= 0.3 is 0 Å². The first-order valence-electron chi connectivity index (χ1n) is 5.41. The molecular formula is C13H14FN3. The van der Waals surface area contributed by atoms with Gasteiger partial charge < -0.3 is 5.32 Å². The van der Waals surface area contributed by atoms with E-state index in [1.807, 2.05) is 20.9 Å². The number of aromatic nitrogens is 2. The van der Waals surface area contributed by atoms with Gasteiger partial charge in [-0.2, -0.15) is 0 Å². The molecule has 2 aromatic rings. The number of hydrogen-bond acceptors (Lipinski definition) is 3. The summed E-state index contributed by atoms with van der Waals surface area (Å²) in [5, 5.41) is 11.3. The molecule has 0 fully saturated rings. The summed E-state index contributed by atoms with van der Waals surface area (Å²) in [4.78, 5) is 0. The maximum atomic E-state index is 12.9. The van der Waals surface area contributed by atoms with Crippen LogP contribution in [-0.2, 0) is 0 Å². The molecule has 0 radical (unpaired) electrons. The Morgan fingerprint density at radius 2 is 1.65 bits per heavy atom. The van der Waals surface area contributed by atoms with E-state index < -0.39 is 0 Å². The van der Waals surface area contributed by atoms with E-state index in [0.29, 0.717) is 0 Å². The van der Waals surface area contributed by atoms with Gasteiger partial charge in [-0.3, -0.25) is 0 Å². The molecule has 88 valence electrons. The smallest absolute Gasteiger partial charge is 0.151 e. The van der Waals surface area contributed by atoms with Crippen molar-refractivity contribution in [3.63, 3.8) is 0 Å². The molecule has 1 aromatic carbocycles. The van der Waals surface area contributed by atoms with Crippen LogP contribution in [-0.4, -0.2) is 17.2 Å². The fraction of sp³-hybridized carbons (Fsp3) is 0.231. The second-order valence-electron chi connectivity index (χ2n) is 3.90. The Morgan fingerprint density at radius 1 is 1.00 bits per heavy atom. The van der Waals surface area contributed by atoms with Crippen LogP contribution >= 0.6 is 0 Å². The largest absolute Gasteiger partial charge is 0.371 e. The molecule has 0 amide bonds. The summed E-state index contributed by atoms with van der Waals surface area (Å²) < 4.78 is 12.9. The van der Waals surface area contributed by atoms with E-state index in [1.165, 1.54) is 12.1 Å². The zero-order valence-corrected chi connectivity index (χ0v) is 10.1. The molecule has 0 spiro atoms. The second-order valence-corrected chi connectivity index (χ2v) is 3.90. The minimum Gasteiger partial charge on any atom is -0.371 e. The van der Waals surface area contributed by atoms with Crippen molar-refractivity contribution in [3.05, 3.63) is 41.2 Å². The topological polar surface area (TPSA) is 37.8 Å². The standard InChI is InChI=1S/C13H14FN3/c1-8-9(2)13(15-3)17-16-12(8)10-4-6-11(14)7-5-10/h4-7H,1-3H3,(H,15,17). The lowest BCUT2D eigenvalue weighted by atomic mass is 10.0. The molecule has 1 heterocycles. The van der Waals surface area contributed by atoms with Crippen molar-refractivity contribution in [1.82, 2.24) is 10.2 Å². The third-order valence-electron chi connectivity index (χ3n) is 2.88. The van der Waals surface area contributed by atoms with Crippen molar-refractivity contribution < 1.29 is 4.39 Å². The lowest BCUT2D eigenvalue weighted by Gasteiger charge is -2.10. The van der Waals surface area contributed by atoms with Crippen molar-refractivity contribution in [3.8, 4) is 11.3 Å². The van der Waals surface area contributed by atoms with E-state index in [-0.39, 0.29) is 5.82 Å². The third kappa shape index (κ3) is 2.11. The minimum absolute atomic E-state index is 0.247. The van der Waals surface area contributed by atoms with Crippen LogP contribution in [0.1, 0.15) is 11.1 Å². The van der Waals surface area contributed by atoms with Gasteiger partial charge in [0.2, 0.25) is 0 Å². The van der Waals surface area contributed by atoms with E-state index >= 15 is 0 Å². The highest BCUT2D eigenvalue weighted by Crippen LogP contribution is 2.25. The van der Waals surface area contributed by atoms with Crippen molar-refractivity contribution in [2.45, 2.75) is 13.8 Å². The van der Waals surface area contributed by atoms with Crippen LogP contribution < -0.4 is 5.32 Å². The van der Waals surface area contributed by atoms with Crippen molar-refractivity contribution in [2.24, 2.45) is 0 Å². The monoisotopic (exact) mass is 231 g/mol. The van der Waals surface area contributed by atoms with Gasteiger partial charge in [-0.15, -0.1) is 10.2 Å². The van der Waals surface area contributed by atoms with Gasteiger partial charge in [0.1, 0.15) is 5.82 Å². The summed E-state index contributed by atoms with van der Waals surface area (Å²) in [5.41, 5.74) is 3.78. The average molecular weight is 231 g/mol. The third-order valence-corrected chi connectivity index (χ3v) is 2.88. The summed E-state index contributed by atoms with van der Waals surface area (Å²) in [6, 6.07) is 6.28. The van der Waals surface area contributed by atoms with E-state index in [0.717, 1.165) is 28.2 Å². The maximum absolute atomic E-state index is 12.9. The molecule has 1 aromatic heterocycles. The zero-order chi connectivity index (χ0) is 12.4. The zero-order valence-electron chi connectivity index (χ0n) is 10.1. The number of hydrogen-bond donors (Lipinski definition) is 1. The van der Waals surface area contributed by atoms with Crippen molar-refractivity contribution in [1.29, 1.82) is 0 Å². The highest BCUT2D eigenvalue weighted by Gasteiger charge is 2.10. The second kappa shape index (κ2) is 4.49. The van der Waals surface area contributed by atoms with Crippen LogP contribution in [0.25, 0.3) is 11.3 Å². The molecular weight excluding hydrogens is 217 g/mol. The first kappa shape index (κ1) is 11.5. The summed E-state index contributed by atoms with van der Waals surface area (Å²) in [7, 11) is 1.81. The number of anilines is 1. The van der Waals surface area contributed by atoms with Gasteiger partial charge in [0, 0.05) is 12.6 Å². The molecule has 1 N–H and O–H groups in total. The molecule has 0 bridgehead atoms. The number of nitrogens with one attached hydrogen (secondary N) is 1. The van der Waals surface area contributed by atoms with Gasteiger partial charge in [-0.05, 0) is 49.2 Å². The Balaban J connectivity index is 2.53. The summed E-state index contributed by atoms with van der Waals surface area (Å²) in [5.74, 6) is 0.524. The number of benzene rings is 1. The molecule has 0 unspecified atom stereocenters. The molecule has 4 heteroatoms. The molecule has 3 nitrogen and oxygen atoms in total. The fourth-order valence-corrected chi connectivity index (χ4v) is 1.72. The van der Waals surface area contributed by atoms with Gasteiger partial charge in [0.25, 0.3) is 0 Å². The fourth-order valence-electron chi connectivity index (χ4n) is 1.72. The van der Waals surface area contributed by atoms with Crippen LogP contribution in [0.5, 0.6) is 0 Å². The quantitative estimate of drug-likeness (QED) is 0.863. The average Bonchev–Trinajstić information content (AvgIpc) is 2.34.